The maximum absolute atomic E-state index is 12.0. The normalized spacial score (nSPS) is 10.6. The van der Waals surface area contributed by atoms with E-state index in [9.17, 15) is 4.79 Å². The molecular formula is C12H8ClN5O. The highest BCUT2D eigenvalue weighted by atomic mass is 35.5. The Labute approximate surface area is 112 Å². The van der Waals surface area contributed by atoms with Crippen LogP contribution in [0.5, 0.6) is 0 Å². The molecule has 7 heteroatoms. The first-order chi connectivity index (χ1) is 9.22. The van der Waals surface area contributed by atoms with Crippen LogP contribution in [0.2, 0.25) is 5.15 Å². The van der Waals surface area contributed by atoms with Crippen molar-refractivity contribution < 1.29 is 4.79 Å². The molecule has 2 N–H and O–H groups in total. The molecule has 0 bridgehead atoms. The van der Waals surface area contributed by atoms with Gasteiger partial charge in [-0.05, 0) is 18.2 Å². The molecule has 1 amide bonds. The molecule has 0 atom stereocenters. The standard InChI is InChI=1S/C12H8ClN5O/c13-10-4-14-5-11(17-10)18-12(19)7-1-2-8-9(3-7)16-6-15-8/h1-6H,(H,15,16)(H,17,18,19). The number of imidazole rings is 1. The van der Waals surface area contributed by atoms with Gasteiger partial charge < -0.3 is 10.3 Å². The fourth-order valence-electron chi connectivity index (χ4n) is 1.67. The van der Waals surface area contributed by atoms with Gasteiger partial charge in [-0.25, -0.2) is 9.97 Å². The summed E-state index contributed by atoms with van der Waals surface area (Å²) in [7, 11) is 0. The molecule has 0 aliphatic rings. The average molecular weight is 274 g/mol. The van der Waals surface area contributed by atoms with Crippen molar-refractivity contribution in [1.29, 1.82) is 0 Å². The number of halogens is 1. The number of rotatable bonds is 2. The Kier molecular flexibility index (Phi) is 2.85. The monoisotopic (exact) mass is 273 g/mol. The molecule has 0 radical (unpaired) electrons. The van der Waals surface area contributed by atoms with Crippen LogP contribution in [0.3, 0.4) is 0 Å². The van der Waals surface area contributed by atoms with Crippen LogP contribution in [0, 0.1) is 0 Å². The summed E-state index contributed by atoms with van der Waals surface area (Å²) in [5, 5.41) is 2.85. The van der Waals surface area contributed by atoms with Crippen LogP contribution < -0.4 is 5.32 Å². The number of aromatic amines is 1. The highest BCUT2D eigenvalue weighted by Crippen LogP contribution is 2.13. The van der Waals surface area contributed by atoms with Gasteiger partial charge in [-0.2, -0.15) is 0 Å². The molecule has 19 heavy (non-hydrogen) atoms. The minimum atomic E-state index is -0.284. The zero-order valence-electron chi connectivity index (χ0n) is 9.59. The first-order valence-corrected chi connectivity index (χ1v) is 5.82. The SMILES string of the molecule is O=C(Nc1cncc(Cl)n1)c1ccc2nc[nH]c2c1. The zero-order chi connectivity index (χ0) is 13.2. The topological polar surface area (TPSA) is 83.6 Å². The summed E-state index contributed by atoms with van der Waals surface area (Å²) in [5.41, 5.74) is 2.10. The number of benzene rings is 1. The summed E-state index contributed by atoms with van der Waals surface area (Å²) in [5.74, 6) is 0.0234. The fraction of sp³-hybridized carbons (Fsp3) is 0. The highest BCUT2D eigenvalue weighted by molar-refractivity contribution is 6.29. The number of nitrogens with one attached hydrogen (secondary N) is 2. The molecule has 0 aliphatic heterocycles. The maximum atomic E-state index is 12.0. The second-order valence-corrected chi connectivity index (χ2v) is 4.20. The van der Waals surface area contributed by atoms with Gasteiger partial charge in [-0.15, -0.1) is 0 Å². The van der Waals surface area contributed by atoms with Crippen molar-refractivity contribution in [2.75, 3.05) is 5.32 Å². The van der Waals surface area contributed by atoms with E-state index in [0.29, 0.717) is 11.4 Å². The fourth-order valence-corrected chi connectivity index (χ4v) is 1.82. The van der Waals surface area contributed by atoms with Crippen molar-refractivity contribution >= 4 is 34.4 Å². The lowest BCUT2D eigenvalue weighted by Crippen LogP contribution is -2.13. The maximum Gasteiger partial charge on any atom is 0.256 e. The number of carbonyl (C=O) groups is 1. The van der Waals surface area contributed by atoms with E-state index in [1.54, 1.807) is 24.5 Å². The number of hydrogen-bond acceptors (Lipinski definition) is 4. The Hall–Kier alpha value is -2.47. The predicted octanol–water partition coefficient (Wildman–Crippen LogP) is 2.26. The predicted molar refractivity (Wildman–Crippen MR) is 71.1 cm³/mol. The van der Waals surface area contributed by atoms with Gasteiger partial charge in [0.25, 0.3) is 5.91 Å². The van der Waals surface area contributed by atoms with Crippen LogP contribution in [0.4, 0.5) is 5.82 Å². The number of H-pyrrole nitrogens is 1. The van der Waals surface area contributed by atoms with E-state index in [2.05, 4.69) is 25.3 Å². The van der Waals surface area contributed by atoms with Gasteiger partial charge >= 0.3 is 0 Å². The van der Waals surface area contributed by atoms with Gasteiger partial charge in [0, 0.05) is 5.56 Å². The van der Waals surface area contributed by atoms with E-state index < -0.39 is 0 Å². The van der Waals surface area contributed by atoms with Gasteiger partial charge in [-0.1, -0.05) is 11.6 Å². The van der Waals surface area contributed by atoms with Crippen molar-refractivity contribution in [3.63, 3.8) is 0 Å². The first kappa shape index (κ1) is 11.6. The quantitative estimate of drug-likeness (QED) is 0.750. The Morgan fingerprint density at radius 2 is 2.21 bits per heavy atom. The Bertz CT molecular complexity index is 754. The number of fused-ring (bicyclic) bond motifs is 1. The van der Waals surface area contributed by atoms with Crippen LogP contribution in [-0.4, -0.2) is 25.8 Å². The molecule has 0 aliphatic carbocycles. The number of aromatic nitrogens is 4. The van der Waals surface area contributed by atoms with E-state index in [1.165, 1.54) is 12.4 Å². The van der Waals surface area contributed by atoms with Crippen molar-refractivity contribution in [2.24, 2.45) is 0 Å². The van der Waals surface area contributed by atoms with Gasteiger partial charge in [0.05, 0.1) is 29.8 Å². The Morgan fingerprint density at radius 3 is 3.05 bits per heavy atom. The van der Waals surface area contributed by atoms with E-state index in [-0.39, 0.29) is 11.1 Å². The van der Waals surface area contributed by atoms with E-state index in [1.807, 2.05) is 0 Å². The van der Waals surface area contributed by atoms with E-state index in [4.69, 9.17) is 11.6 Å². The van der Waals surface area contributed by atoms with Gasteiger partial charge in [0.1, 0.15) is 5.15 Å². The third-order valence-corrected chi connectivity index (χ3v) is 2.71. The van der Waals surface area contributed by atoms with Crippen LogP contribution >= 0.6 is 11.6 Å². The molecule has 2 aromatic heterocycles. The van der Waals surface area contributed by atoms with Crippen LogP contribution in [0.15, 0.2) is 36.9 Å². The Morgan fingerprint density at radius 1 is 1.32 bits per heavy atom. The number of carbonyl (C=O) groups excluding carboxylic acids is 1. The molecule has 2 heterocycles. The summed E-state index contributed by atoms with van der Waals surface area (Å²) in [6.45, 7) is 0. The molecule has 94 valence electrons. The minimum absolute atomic E-state index is 0.224. The highest BCUT2D eigenvalue weighted by Gasteiger charge is 2.09. The molecule has 3 aromatic rings. The molecule has 0 saturated heterocycles. The summed E-state index contributed by atoms with van der Waals surface area (Å²) in [6.07, 6.45) is 4.40. The summed E-state index contributed by atoms with van der Waals surface area (Å²) >= 11 is 5.70. The number of amides is 1. The van der Waals surface area contributed by atoms with Crippen molar-refractivity contribution in [1.82, 2.24) is 19.9 Å². The molecule has 0 unspecified atom stereocenters. The number of anilines is 1. The van der Waals surface area contributed by atoms with Crippen molar-refractivity contribution in [3.8, 4) is 0 Å². The minimum Gasteiger partial charge on any atom is -0.345 e. The van der Waals surface area contributed by atoms with Crippen LogP contribution in [0.25, 0.3) is 11.0 Å². The molecule has 6 nitrogen and oxygen atoms in total. The first-order valence-electron chi connectivity index (χ1n) is 5.44. The third kappa shape index (κ3) is 2.38. The number of hydrogen-bond donors (Lipinski definition) is 2. The smallest absolute Gasteiger partial charge is 0.256 e. The van der Waals surface area contributed by atoms with Gasteiger partial charge in [0.2, 0.25) is 0 Å². The second-order valence-electron chi connectivity index (χ2n) is 3.82. The van der Waals surface area contributed by atoms with Gasteiger partial charge in [-0.3, -0.25) is 9.78 Å². The second kappa shape index (κ2) is 4.66. The Balaban J connectivity index is 1.87. The summed E-state index contributed by atoms with van der Waals surface area (Å²) in [6, 6.07) is 5.18. The molecular weight excluding hydrogens is 266 g/mol. The van der Waals surface area contributed by atoms with Crippen LogP contribution in [0.1, 0.15) is 10.4 Å². The lowest BCUT2D eigenvalue weighted by molar-refractivity contribution is 0.102. The largest absolute Gasteiger partial charge is 0.345 e. The lowest BCUT2D eigenvalue weighted by atomic mass is 10.2. The lowest BCUT2D eigenvalue weighted by Gasteiger charge is -2.04. The molecule has 0 fully saturated rings. The van der Waals surface area contributed by atoms with E-state index in [0.717, 1.165) is 11.0 Å². The van der Waals surface area contributed by atoms with E-state index >= 15 is 0 Å². The third-order valence-electron chi connectivity index (χ3n) is 2.53. The van der Waals surface area contributed by atoms with Gasteiger partial charge in [0.15, 0.2) is 5.82 Å². The zero-order valence-corrected chi connectivity index (χ0v) is 10.3. The summed E-state index contributed by atoms with van der Waals surface area (Å²) < 4.78 is 0. The molecule has 3 rings (SSSR count). The number of nitrogens with zero attached hydrogens (tertiary/aromatic N) is 3. The van der Waals surface area contributed by atoms with Crippen molar-refractivity contribution in [3.05, 3.63) is 47.6 Å². The molecule has 1 aromatic carbocycles. The molecule has 0 spiro atoms. The average Bonchev–Trinajstić information content (AvgIpc) is 2.85. The van der Waals surface area contributed by atoms with Crippen molar-refractivity contribution in [2.45, 2.75) is 0 Å². The molecule has 0 saturated carbocycles. The summed E-state index contributed by atoms with van der Waals surface area (Å²) in [4.78, 5) is 26.9. The van der Waals surface area contributed by atoms with Crippen LogP contribution in [-0.2, 0) is 0 Å².